The number of nitriles is 1. The van der Waals surface area contributed by atoms with Gasteiger partial charge in [-0.3, -0.25) is 4.79 Å². The number of halogens is 1. The zero-order valence-electron chi connectivity index (χ0n) is 11.2. The van der Waals surface area contributed by atoms with Gasteiger partial charge in [0.25, 0.3) is 0 Å². The Labute approximate surface area is 116 Å². The molecule has 20 heavy (non-hydrogen) atoms. The highest BCUT2D eigenvalue weighted by Gasteiger charge is 2.16. The van der Waals surface area contributed by atoms with Gasteiger partial charge in [-0.05, 0) is 43.3 Å². The summed E-state index contributed by atoms with van der Waals surface area (Å²) in [4.78, 5) is 13.3. The molecule has 100 valence electrons. The lowest BCUT2D eigenvalue weighted by atomic mass is 10.1. The fourth-order valence-electron chi connectivity index (χ4n) is 2.04. The number of benzene rings is 2. The first-order chi connectivity index (χ1) is 9.54. The molecule has 0 aliphatic rings. The molecule has 0 fully saturated rings. The topological polar surface area (TPSA) is 44.1 Å². The maximum Gasteiger partial charge on any atom is 0.164 e. The van der Waals surface area contributed by atoms with Crippen LogP contribution in [0.2, 0.25) is 0 Å². The molecular formula is C16H13FN2O. The number of carbonyl (C=O) groups excluding carboxylic acids is 1. The maximum atomic E-state index is 13.8. The largest absolute Gasteiger partial charge is 0.344 e. The van der Waals surface area contributed by atoms with Crippen molar-refractivity contribution in [2.24, 2.45) is 0 Å². The minimum absolute atomic E-state index is 0.0689. The lowest BCUT2D eigenvalue weighted by Crippen LogP contribution is -2.14. The van der Waals surface area contributed by atoms with Crippen molar-refractivity contribution in [3.8, 4) is 6.07 Å². The number of hydrogen-bond acceptors (Lipinski definition) is 3. The molecule has 0 unspecified atom stereocenters. The van der Waals surface area contributed by atoms with Gasteiger partial charge in [-0.2, -0.15) is 5.26 Å². The minimum Gasteiger partial charge on any atom is -0.344 e. The fourth-order valence-corrected chi connectivity index (χ4v) is 2.04. The Bertz CT molecular complexity index is 687. The molecular weight excluding hydrogens is 255 g/mol. The van der Waals surface area contributed by atoms with Crippen LogP contribution in [-0.4, -0.2) is 12.8 Å². The van der Waals surface area contributed by atoms with Crippen molar-refractivity contribution in [3.05, 3.63) is 59.4 Å². The summed E-state index contributed by atoms with van der Waals surface area (Å²) in [6.07, 6.45) is 0. The second-order valence-corrected chi connectivity index (χ2v) is 4.41. The van der Waals surface area contributed by atoms with Crippen molar-refractivity contribution >= 4 is 17.2 Å². The molecule has 2 rings (SSSR count). The third kappa shape index (κ3) is 2.52. The molecule has 0 radical (unpaired) electrons. The van der Waals surface area contributed by atoms with E-state index in [1.54, 1.807) is 48.3 Å². The third-order valence-electron chi connectivity index (χ3n) is 3.09. The standard InChI is InChI=1S/C16H13FN2O/c1-11(20)16-14(17)4-3-5-15(16)19(2)13-8-6-12(10-18)7-9-13/h3-9H,1-2H3. The van der Waals surface area contributed by atoms with Gasteiger partial charge < -0.3 is 4.90 Å². The van der Waals surface area contributed by atoms with Crippen molar-refractivity contribution in [1.29, 1.82) is 5.26 Å². The maximum absolute atomic E-state index is 13.8. The van der Waals surface area contributed by atoms with Crippen molar-refractivity contribution in [2.45, 2.75) is 6.92 Å². The predicted octanol–water partition coefficient (Wildman–Crippen LogP) is 3.67. The quantitative estimate of drug-likeness (QED) is 0.798. The third-order valence-corrected chi connectivity index (χ3v) is 3.09. The van der Waals surface area contributed by atoms with E-state index in [9.17, 15) is 9.18 Å². The van der Waals surface area contributed by atoms with E-state index in [-0.39, 0.29) is 11.3 Å². The first-order valence-corrected chi connectivity index (χ1v) is 6.08. The molecule has 2 aromatic carbocycles. The van der Waals surface area contributed by atoms with E-state index in [2.05, 4.69) is 0 Å². The Balaban J connectivity index is 2.48. The number of nitrogens with zero attached hydrogens (tertiary/aromatic N) is 2. The molecule has 0 bridgehead atoms. The summed E-state index contributed by atoms with van der Waals surface area (Å²) in [5.74, 6) is -0.853. The molecule has 0 saturated heterocycles. The molecule has 0 spiro atoms. The van der Waals surface area contributed by atoms with Gasteiger partial charge in [-0.25, -0.2) is 4.39 Å². The van der Waals surface area contributed by atoms with Crippen molar-refractivity contribution < 1.29 is 9.18 Å². The molecule has 0 amide bonds. The van der Waals surface area contributed by atoms with Crippen LogP contribution in [0.1, 0.15) is 22.8 Å². The Morgan fingerprint density at radius 1 is 1.20 bits per heavy atom. The summed E-state index contributed by atoms with van der Waals surface area (Å²) in [5, 5.41) is 8.78. The molecule has 4 heteroatoms. The average Bonchev–Trinajstić information content (AvgIpc) is 2.46. The van der Waals surface area contributed by atoms with Gasteiger partial charge in [0, 0.05) is 12.7 Å². The van der Waals surface area contributed by atoms with Crippen molar-refractivity contribution in [2.75, 3.05) is 11.9 Å². The van der Waals surface area contributed by atoms with Crippen LogP contribution in [0.15, 0.2) is 42.5 Å². The normalized spacial score (nSPS) is 9.90. The van der Waals surface area contributed by atoms with Crippen LogP contribution in [-0.2, 0) is 0 Å². The molecule has 2 aromatic rings. The van der Waals surface area contributed by atoms with E-state index < -0.39 is 5.82 Å². The first-order valence-electron chi connectivity index (χ1n) is 6.08. The molecule has 3 nitrogen and oxygen atoms in total. The van der Waals surface area contributed by atoms with Crippen LogP contribution in [0.3, 0.4) is 0 Å². The van der Waals surface area contributed by atoms with Crippen LogP contribution < -0.4 is 4.90 Å². The number of ketones is 1. The smallest absolute Gasteiger partial charge is 0.164 e. The van der Waals surface area contributed by atoms with E-state index >= 15 is 0 Å². The monoisotopic (exact) mass is 268 g/mol. The van der Waals surface area contributed by atoms with Crippen LogP contribution in [0, 0.1) is 17.1 Å². The molecule has 0 heterocycles. The number of anilines is 2. The van der Waals surface area contributed by atoms with Crippen molar-refractivity contribution in [1.82, 2.24) is 0 Å². The lowest BCUT2D eigenvalue weighted by Gasteiger charge is -2.22. The van der Waals surface area contributed by atoms with Gasteiger partial charge in [0.15, 0.2) is 5.78 Å². The van der Waals surface area contributed by atoms with Gasteiger partial charge in [-0.15, -0.1) is 0 Å². The van der Waals surface area contributed by atoms with Crippen LogP contribution in [0.25, 0.3) is 0 Å². The summed E-state index contributed by atoms with van der Waals surface area (Å²) in [5.41, 5.74) is 1.90. The van der Waals surface area contributed by atoms with Crippen LogP contribution in [0.4, 0.5) is 15.8 Å². The van der Waals surface area contributed by atoms with E-state index in [0.717, 1.165) is 5.69 Å². The van der Waals surface area contributed by atoms with Gasteiger partial charge in [0.2, 0.25) is 0 Å². The van der Waals surface area contributed by atoms with Gasteiger partial charge in [0.1, 0.15) is 5.82 Å². The van der Waals surface area contributed by atoms with Crippen LogP contribution in [0.5, 0.6) is 0 Å². The van der Waals surface area contributed by atoms with Gasteiger partial charge in [-0.1, -0.05) is 6.07 Å². The zero-order chi connectivity index (χ0) is 14.7. The average molecular weight is 268 g/mol. The van der Waals surface area contributed by atoms with Gasteiger partial charge >= 0.3 is 0 Å². The summed E-state index contributed by atoms with van der Waals surface area (Å²) < 4.78 is 13.8. The molecule has 0 atom stereocenters. The Kier molecular flexibility index (Phi) is 3.81. The molecule has 0 aromatic heterocycles. The Morgan fingerprint density at radius 2 is 1.85 bits per heavy atom. The highest BCUT2D eigenvalue weighted by Crippen LogP contribution is 2.29. The number of hydrogen-bond donors (Lipinski definition) is 0. The highest BCUT2D eigenvalue weighted by molar-refractivity contribution is 6.00. The summed E-state index contributed by atoms with van der Waals surface area (Å²) in [6, 6.07) is 13.4. The highest BCUT2D eigenvalue weighted by atomic mass is 19.1. The summed E-state index contributed by atoms with van der Waals surface area (Å²) >= 11 is 0. The predicted molar refractivity (Wildman–Crippen MR) is 75.6 cm³/mol. The Hall–Kier alpha value is -2.67. The van der Waals surface area contributed by atoms with E-state index in [0.29, 0.717) is 11.3 Å². The first kappa shape index (κ1) is 13.8. The summed E-state index contributed by atoms with van der Waals surface area (Å²) in [7, 11) is 1.75. The lowest BCUT2D eigenvalue weighted by molar-refractivity contribution is 0.101. The van der Waals surface area contributed by atoms with E-state index in [1.807, 2.05) is 6.07 Å². The number of Topliss-reactive ketones (excluding diaryl/α,β-unsaturated/α-hetero) is 1. The van der Waals surface area contributed by atoms with Crippen LogP contribution >= 0.6 is 0 Å². The second kappa shape index (κ2) is 5.54. The van der Waals surface area contributed by atoms with E-state index in [4.69, 9.17) is 5.26 Å². The van der Waals surface area contributed by atoms with E-state index in [1.165, 1.54) is 13.0 Å². The fraction of sp³-hybridized carbons (Fsp3) is 0.125. The minimum atomic E-state index is -0.532. The van der Waals surface area contributed by atoms with Gasteiger partial charge in [0.05, 0.1) is 22.9 Å². The molecule has 0 saturated carbocycles. The zero-order valence-corrected chi connectivity index (χ0v) is 11.2. The van der Waals surface area contributed by atoms with Crippen molar-refractivity contribution in [3.63, 3.8) is 0 Å². The molecule has 0 aliphatic carbocycles. The Morgan fingerprint density at radius 3 is 2.40 bits per heavy atom. The number of rotatable bonds is 3. The second-order valence-electron chi connectivity index (χ2n) is 4.41. The number of carbonyl (C=O) groups is 1. The molecule has 0 aliphatic heterocycles. The SMILES string of the molecule is CC(=O)c1c(F)cccc1N(C)c1ccc(C#N)cc1. The summed E-state index contributed by atoms with van der Waals surface area (Å²) in [6.45, 7) is 1.34. The molecule has 0 N–H and O–H groups in total.